The van der Waals surface area contributed by atoms with Crippen LogP contribution in [0, 0.1) is 11.3 Å². The Morgan fingerprint density at radius 2 is 1.77 bits per heavy atom. The van der Waals surface area contributed by atoms with Gasteiger partial charge in [0.15, 0.2) is 11.5 Å². The van der Waals surface area contributed by atoms with E-state index in [0.717, 1.165) is 0 Å². The maximum Gasteiger partial charge on any atom is 0.314 e. The Morgan fingerprint density at radius 3 is 2.31 bits per heavy atom. The normalized spacial score (nSPS) is 30.5. The van der Waals surface area contributed by atoms with Crippen molar-refractivity contribution in [1.82, 2.24) is 0 Å². The summed E-state index contributed by atoms with van der Waals surface area (Å²) >= 11 is 0. The summed E-state index contributed by atoms with van der Waals surface area (Å²) in [5.41, 5.74) is -1.16. The molecule has 3 atom stereocenters. The summed E-state index contributed by atoms with van der Waals surface area (Å²) in [7, 11) is 0. The second kappa shape index (κ2) is 5.89. The van der Waals surface area contributed by atoms with E-state index < -0.39 is 34.4 Å². The number of aliphatic carboxylic acids is 2. The predicted octanol–water partition coefficient (Wildman–Crippen LogP) is 3.38. The van der Waals surface area contributed by atoms with Crippen molar-refractivity contribution in [2.45, 2.75) is 64.2 Å². The second-order valence-electron chi connectivity index (χ2n) is 8.30. The summed E-state index contributed by atoms with van der Waals surface area (Å²) in [6, 6.07) is 1.78. The maximum absolute atomic E-state index is 12.5. The lowest BCUT2D eigenvalue weighted by molar-refractivity contribution is -0.165. The van der Waals surface area contributed by atoms with Crippen molar-refractivity contribution >= 4 is 11.9 Å². The lowest BCUT2D eigenvalue weighted by atomic mass is 9.48. The van der Waals surface area contributed by atoms with Crippen LogP contribution in [0.2, 0.25) is 0 Å². The van der Waals surface area contributed by atoms with Gasteiger partial charge in [-0.05, 0) is 50.0 Å². The van der Waals surface area contributed by atoms with E-state index in [1.165, 1.54) is 0 Å². The highest BCUT2D eigenvalue weighted by molar-refractivity contribution is 5.88. The van der Waals surface area contributed by atoms with Crippen LogP contribution in [-0.2, 0) is 21.4 Å². The zero-order valence-electron chi connectivity index (χ0n) is 15.4. The third-order valence-corrected chi connectivity index (χ3v) is 6.66. The van der Waals surface area contributed by atoms with Gasteiger partial charge in [-0.1, -0.05) is 26.3 Å². The number of phenolic OH excluding ortho intramolecular Hbond substituents is 2. The molecule has 0 radical (unpaired) electrons. The average molecular weight is 362 g/mol. The fraction of sp³-hybridized carbons (Fsp3) is 0.600. The van der Waals surface area contributed by atoms with Gasteiger partial charge in [-0.3, -0.25) is 9.59 Å². The summed E-state index contributed by atoms with van der Waals surface area (Å²) in [5.74, 6) is -3.47. The van der Waals surface area contributed by atoms with Crippen molar-refractivity contribution in [3.8, 4) is 11.5 Å². The summed E-state index contributed by atoms with van der Waals surface area (Å²) in [6.07, 6.45) is 2.04. The fourth-order valence-corrected chi connectivity index (χ4v) is 5.28. The number of benzene rings is 1. The topological polar surface area (TPSA) is 115 Å². The molecule has 2 aliphatic rings. The van der Waals surface area contributed by atoms with Crippen LogP contribution >= 0.6 is 0 Å². The second-order valence-corrected chi connectivity index (χ2v) is 8.30. The van der Waals surface area contributed by atoms with E-state index in [-0.39, 0.29) is 23.7 Å². The number of carbonyl (C=O) groups is 2. The van der Waals surface area contributed by atoms with Crippen LogP contribution in [0.1, 0.15) is 69.1 Å². The van der Waals surface area contributed by atoms with Crippen LogP contribution in [0.15, 0.2) is 6.07 Å². The Labute approximate surface area is 152 Å². The third kappa shape index (κ3) is 2.24. The van der Waals surface area contributed by atoms with Gasteiger partial charge >= 0.3 is 11.9 Å². The first kappa shape index (κ1) is 18.5. The Balaban J connectivity index is 2.32. The van der Waals surface area contributed by atoms with Gasteiger partial charge in [0.25, 0.3) is 0 Å². The van der Waals surface area contributed by atoms with E-state index in [0.29, 0.717) is 36.8 Å². The van der Waals surface area contributed by atoms with Crippen LogP contribution in [0.3, 0.4) is 0 Å². The van der Waals surface area contributed by atoms with Gasteiger partial charge < -0.3 is 20.4 Å². The first-order valence-corrected chi connectivity index (χ1v) is 9.12. The molecule has 3 rings (SSSR count). The Kier molecular flexibility index (Phi) is 4.20. The van der Waals surface area contributed by atoms with Crippen LogP contribution in [0.25, 0.3) is 0 Å². The SMILES string of the molecule is CC(C)c1cc2c(c(O)c1O)[C@@]1(C(=O)O)CCCC(C)(C(=O)O)C1CC2. The molecule has 0 aromatic heterocycles. The molecule has 0 heterocycles. The molecule has 2 unspecified atom stereocenters. The van der Waals surface area contributed by atoms with Crippen molar-refractivity contribution in [2.75, 3.05) is 0 Å². The van der Waals surface area contributed by atoms with Gasteiger partial charge in [0, 0.05) is 11.1 Å². The number of carboxylic acids is 2. The van der Waals surface area contributed by atoms with E-state index in [9.17, 15) is 30.0 Å². The number of fused-ring (bicyclic) bond motifs is 3. The average Bonchev–Trinajstić information content (AvgIpc) is 2.56. The number of carboxylic acid groups (broad SMARTS) is 2. The highest BCUT2D eigenvalue weighted by atomic mass is 16.4. The number of aryl methyl sites for hydroxylation is 1. The van der Waals surface area contributed by atoms with E-state index in [4.69, 9.17) is 0 Å². The molecule has 26 heavy (non-hydrogen) atoms. The van der Waals surface area contributed by atoms with E-state index >= 15 is 0 Å². The highest BCUT2D eigenvalue weighted by Gasteiger charge is 2.62. The van der Waals surface area contributed by atoms with Crippen LogP contribution < -0.4 is 0 Å². The van der Waals surface area contributed by atoms with Crippen LogP contribution in [0.5, 0.6) is 11.5 Å². The third-order valence-electron chi connectivity index (χ3n) is 6.66. The molecule has 6 nitrogen and oxygen atoms in total. The van der Waals surface area contributed by atoms with Crippen molar-refractivity contribution in [2.24, 2.45) is 11.3 Å². The molecule has 1 saturated carbocycles. The van der Waals surface area contributed by atoms with E-state index in [2.05, 4.69) is 0 Å². The lowest BCUT2D eigenvalue weighted by Gasteiger charge is -2.52. The summed E-state index contributed by atoms with van der Waals surface area (Å²) in [6.45, 7) is 5.39. The summed E-state index contributed by atoms with van der Waals surface area (Å²) in [4.78, 5) is 24.5. The monoisotopic (exact) mass is 362 g/mol. The van der Waals surface area contributed by atoms with Crippen molar-refractivity contribution in [3.05, 3.63) is 22.8 Å². The molecule has 0 bridgehead atoms. The van der Waals surface area contributed by atoms with Gasteiger partial charge in [-0.15, -0.1) is 0 Å². The van der Waals surface area contributed by atoms with Crippen molar-refractivity contribution in [3.63, 3.8) is 0 Å². The molecule has 0 amide bonds. The number of aromatic hydroxyl groups is 2. The zero-order valence-corrected chi connectivity index (χ0v) is 15.4. The summed E-state index contributed by atoms with van der Waals surface area (Å²) in [5, 5.41) is 41.3. The van der Waals surface area contributed by atoms with Crippen LogP contribution in [-0.4, -0.2) is 32.4 Å². The fourth-order valence-electron chi connectivity index (χ4n) is 5.28. The smallest absolute Gasteiger partial charge is 0.314 e. The van der Waals surface area contributed by atoms with Crippen LogP contribution in [0.4, 0.5) is 0 Å². The summed E-state index contributed by atoms with van der Waals surface area (Å²) < 4.78 is 0. The largest absolute Gasteiger partial charge is 0.504 e. The van der Waals surface area contributed by atoms with E-state index in [1.807, 2.05) is 13.8 Å². The maximum atomic E-state index is 12.5. The van der Waals surface area contributed by atoms with Crippen molar-refractivity contribution < 1.29 is 30.0 Å². The molecule has 1 aromatic carbocycles. The van der Waals surface area contributed by atoms with Gasteiger partial charge in [0.05, 0.1) is 5.41 Å². The van der Waals surface area contributed by atoms with Gasteiger partial charge in [0.1, 0.15) is 5.41 Å². The first-order chi connectivity index (χ1) is 12.1. The molecule has 2 aliphatic carbocycles. The lowest BCUT2D eigenvalue weighted by Crippen LogP contribution is -2.57. The van der Waals surface area contributed by atoms with Gasteiger partial charge in [-0.2, -0.15) is 0 Å². The Morgan fingerprint density at radius 1 is 1.12 bits per heavy atom. The minimum Gasteiger partial charge on any atom is -0.504 e. The highest BCUT2D eigenvalue weighted by Crippen LogP contribution is 2.61. The molecule has 1 fully saturated rings. The van der Waals surface area contributed by atoms with Crippen molar-refractivity contribution in [1.29, 1.82) is 0 Å². The predicted molar refractivity (Wildman–Crippen MR) is 94.6 cm³/mol. The molecule has 0 spiro atoms. The molecular formula is C20H26O6. The zero-order chi connectivity index (χ0) is 19.4. The minimum absolute atomic E-state index is 0.0275. The number of rotatable bonds is 3. The van der Waals surface area contributed by atoms with Gasteiger partial charge in [0.2, 0.25) is 0 Å². The number of hydrogen-bond donors (Lipinski definition) is 4. The Hall–Kier alpha value is -2.24. The molecule has 142 valence electrons. The minimum atomic E-state index is -1.49. The molecule has 0 saturated heterocycles. The number of hydrogen-bond acceptors (Lipinski definition) is 4. The molecule has 6 heteroatoms. The number of phenols is 2. The Bertz CT molecular complexity index is 783. The molecule has 1 aromatic rings. The first-order valence-electron chi connectivity index (χ1n) is 9.12. The molecular weight excluding hydrogens is 336 g/mol. The quantitative estimate of drug-likeness (QED) is 0.613. The molecule has 4 N–H and O–H groups in total. The van der Waals surface area contributed by atoms with Gasteiger partial charge in [-0.25, -0.2) is 0 Å². The standard InChI is InChI=1S/C20H26O6/c1-10(2)12-9-11-5-6-13-19(3,17(23)24)7-4-8-20(13,18(25)26)14(11)16(22)15(12)21/h9-10,13,21-22H,4-8H2,1-3H3,(H,23,24)(H,25,26)/t13?,19?,20-/m1/s1. The van der Waals surface area contributed by atoms with E-state index in [1.54, 1.807) is 13.0 Å². The molecule has 0 aliphatic heterocycles.